The molecule has 2 fully saturated rings. The Bertz CT molecular complexity index is 234. The summed E-state index contributed by atoms with van der Waals surface area (Å²) in [6.07, 6.45) is 6.45. The highest BCUT2D eigenvalue weighted by Gasteiger charge is 2.33. The van der Waals surface area contributed by atoms with Crippen LogP contribution in [-0.4, -0.2) is 40.6 Å². The van der Waals surface area contributed by atoms with E-state index in [0.29, 0.717) is 4.75 Å². The fourth-order valence-corrected chi connectivity index (χ4v) is 4.04. The number of thioether (sulfide) groups is 1. The summed E-state index contributed by atoms with van der Waals surface area (Å²) in [5.41, 5.74) is 6.60. The highest BCUT2D eigenvalue weighted by molar-refractivity contribution is 8.00. The summed E-state index contributed by atoms with van der Waals surface area (Å²) in [6.45, 7) is 8.33. The zero-order valence-corrected chi connectivity index (χ0v) is 11.6. The number of hydrogen-bond acceptors (Lipinski definition) is 3. The third kappa shape index (κ3) is 3.38. The predicted octanol–water partition coefficient (Wildman–Crippen LogP) is 2.48. The second kappa shape index (κ2) is 4.87. The molecule has 0 spiro atoms. The first-order chi connectivity index (χ1) is 7.49. The molecule has 2 aliphatic rings. The largest absolute Gasteiger partial charge is 0.324 e. The molecule has 1 heterocycles. The van der Waals surface area contributed by atoms with Crippen molar-refractivity contribution in [2.75, 3.05) is 25.4 Å². The molecule has 0 radical (unpaired) electrons. The lowest BCUT2D eigenvalue weighted by molar-refractivity contribution is 0.216. The third-order valence-corrected chi connectivity index (χ3v) is 5.44. The van der Waals surface area contributed by atoms with Crippen molar-refractivity contribution in [1.29, 1.82) is 0 Å². The SMILES string of the molecule is CC1(C)CCN(CC2(N)CCCC2)CCS1. The van der Waals surface area contributed by atoms with Gasteiger partial charge in [-0.2, -0.15) is 11.8 Å². The minimum atomic E-state index is 0.138. The van der Waals surface area contributed by atoms with Gasteiger partial charge in [0.15, 0.2) is 0 Å². The molecule has 2 N–H and O–H groups in total. The first-order valence-electron chi connectivity index (χ1n) is 6.64. The average molecular weight is 242 g/mol. The fraction of sp³-hybridized carbons (Fsp3) is 1.00. The van der Waals surface area contributed by atoms with E-state index in [4.69, 9.17) is 5.73 Å². The Balaban J connectivity index is 1.86. The molecule has 0 aromatic carbocycles. The standard InChI is InChI=1S/C13H26N2S/c1-12(2)7-8-15(9-10-16-12)11-13(14)5-3-4-6-13/h3-11,14H2,1-2H3. The van der Waals surface area contributed by atoms with Crippen LogP contribution in [-0.2, 0) is 0 Å². The van der Waals surface area contributed by atoms with E-state index in [9.17, 15) is 0 Å². The van der Waals surface area contributed by atoms with E-state index in [-0.39, 0.29) is 5.54 Å². The quantitative estimate of drug-likeness (QED) is 0.806. The van der Waals surface area contributed by atoms with Crippen LogP contribution in [0.3, 0.4) is 0 Å². The predicted molar refractivity (Wildman–Crippen MR) is 73.0 cm³/mol. The lowest BCUT2D eigenvalue weighted by Gasteiger charge is -2.31. The normalized spacial score (nSPS) is 30.2. The second-order valence-electron chi connectivity index (χ2n) is 6.20. The molecule has 0 unspecified atom stereocenters. The molecular weight excluding hydrogens is 216 g/mol. The molecule has 0 aromatic heterocycles. The molecule has 0 atom stereocenters. The average Bonchev–Trinajstić information content (AvgIpc) is 2.54. The second-order valence-corrected chi connectivity index (χ2v) is 8.01. The number of nitrogens with zero attached hydrogens (tertiary/aromatic N) is 1. The lowest BCUT2D eigenvalue weighted by atomic mass is 9.98. The molecule has 2 nitrogen and oxygen atoms in total. The van der Waals surface area contributed by atoms with Crippen LogP contribution < -0.4 is 5.73 Å². The van der Waals surface area contributed by atoms with Crippen molar-refractivity contribution in [2.45, 2.75) is 56.2 Å². The molecule has 0 aromatic rings. The van der Waals surface area contributed by atoms with E-state index < -0.39 is 0 Å². The van der Waals surface area contributed by atoms with Crippen molar-refractivity contribution in [3.05, 3.63) is 0 Å². The summed E-state index contributed by atoms with van der Waals surface area (Å²) >= 11 is 2.12. The highest BCUT2D eigenvalue weighted by atomic mass is 32.2. The smallest absolute Gasteiger partial charge is 0.0283 e. The van der Waals surface area contributed by atoms with Crippen LogP contribution in [0, 0.1) is 0 Å². The van der Waals surface area contributed by atoms with Crippen molar-refractivity contribution in [1.82, 2.24) is 4.90 Å². The Morgan fingerprint density at radius 1 is 1.12 bits per heavy atom. The fourth-order valence-electron chi connectivity index (χ4n) is 2.90. The van der Waals surface area contributed by atoms with Crippen molar-refractivity contribution in [2.24, 2.45) is 5.73 Å². The molecule has 1 aliphatic carbocycles. The summed E-state index contributed by atoms with van der Waals surface area (Å²) < 4.78 is 0.464. The summed E-state index contributed by atoms with van der Waals surface area (Å²) in [4.78, 5) is 2.60. The molecule has 0 bridgehead atoms. The van der Waals surface area contributed by atoms with E-state index in [0.717, 1.165) is 6.54 Å². The van der Waals surface area contributed by atoms with Gasteiger partial charge in [0.05, 0.1) is 0 Å². The Morgan fingerprint density at radius 2 is 1.81 bits per heavy atom. The minimum absolute atomic E-state index is 0.138. The maximum atomic E-state index is 6.46. The van der Waals surface area contributed by atoms with E-state index in [1.165, 1.54) is 50.9 Å². The highest BCUT2D eigenvalue weighted by Crippen LogP contribution is 2.33. The summed E-state index contributed by atoms with van der Waals surface area (Å²) in [7, 11) is 0. The van der Waals surface area contributed by atoms with Crippen molar-refractivity contribution in [3.63, 3.8) is 0 Å². The van der Waals surface area contributed by atoms with Gasteiger partial charge in [-0.3, -0.25) is 0 Å². The van der Waals surface area contributed by atoms with Gasteiger partial charge >= 0.3 is 0 Å². The van der Waals surface area contributed by atoms with Gasteiger partial charge in [0, 0.05) is 29.1 Å². The van der Waals surface area contributed by atoms with Crippen LogP contribution in [0.25, 0.3) is 0 Å². The van der Waals surface area contributed by atoms with E-state index in [1.807, 2.05) is 0 Å². The maximum Gasteiger partial charge on any atom is 0.0283 e. The lowest BCUT2D eigenvalue weighted by Crippen LogP contribution is -2.48. The molecule has 1 saturated carbocycles. The topological polar surface area (TPSA) is 29.3 Å². The van der Waals surface area contributed by atoms with Crippen LogP contribution >= 0.6 is 11.8 Å². The first-order valence-corrected chi connectivity index (χ1v) is 7.63. The number of nitrogens with two attached hydrogens (primary N) is 1. The van der Waals surface area contributed by atoms with Crippen LogP contribution in [0.4, 0.5) is 0 Å². The molecular formula is C13H26N2S. The van der Waals surface area contributed by atoms with E-state index in [1.54, 1.807) is 0 Å². The van der Waals surface area contributed by atoms with Crippen LogP contribution in [0.1, 0.15) is 46.0 Å². The van der Waals surface area contributed by atoms with Gasteiger partial charge in [0.1, 0.15) is 0 Å². The Morgan fingerprint density at radius 3 is 2.50 bits per heavy atom. The molecule has 3 heteroatoms. The number of hydrogen-bond donors (Lipinski definition) is 1. The monoisotopic (exact) mass is 242 g/mol. The minimum Gasteiger partial charge on any atom is -0.324 e. The number of rotatable bonds is 2. The van der Waals surface area contributed by atoms with Gasteiger partial charge in [-0.1, -0.05) is 26.7 Å². The summed E-state index contributed by atoms with van der Waals surface area (Å²) in [5.74, 6) is 1.27. The summed E-state index contributed by atoms with van der Waals surface area (Å²) in [5, 5.41) is 0. The zero-order valence-electron chi connectivity index (χ0n) is 10.8. The summed E-state index contributed by atoms with van der Waals surface area (Å²) in [6, 6.07) is 0. The molecule has 1 aliphatic heterocycles. The zero-order chi connectivity index (χ0) is 11.6. The van der Waals surface area contributed by atoms with E-state index >= 15 is 0 Å². The van der Waals surface area contributed by atoms with Crippen molar-refractivity contribution in [3.8, 4) is 0 Å². The van der Waals surface area contributed by atoms with Gasteiger partial charge in [0.2, 0.25) is 0 Å². The molecule has 16 heavy (non-hydrogen) atoms. The van der Waals surface area contributed by atoms with E-state index in [2.05, 4.69) is 30.5 Å². The molecule has 94 valence electrons. The third-order valence-electron chi connectivity index (χ3n) is 4.07. The molecule has 2 rings (SSSR count). The van der Waals surface area contributed by atoms with Gasteiger partial charge in [-0.15, -0.1) is 0 Å². The van der Waals surface area contributed by atoms with Gasteiger partial charge in [0.25, 0.3) is 0 Å². The maximum absolute atomic E-state index is 6.46. The van der Waals surface area contributed by atoms with Crippen LogP contribution in [0.15, 0.2) is 0 Å². The van der Waals surface area contributed by atoms with Gasteiger partial charge in [-0.05, 0) is 25.8 Å². The molecule has 0 amide bonds. The molecule has 1 saturated heterocycles. The van der Waals surface area contributed by atoms with Crippen LogP contribution in [0.5, 0.6) is 0 Å². The first kappa shape index (κ1) is 12.7. The van der Waals surface area contributed by atoms with Crippen LogP contribution in [0.2, 0.25) is 0 Å². The Kier molecular flexibility index (Phi) is 3.87. The Hall–Kier alpha value is 0.270. The van der Waals surface area contributed by atoms with Crippen molar-refractivity contribution < 1.29 is 0 Å². The van der Waals surface area contributed by atoms with Gasteiger partial charge in [-0.25, -0.2) is 0 Å². The Labute approximate surface area is 104 Å². The van der Waals surface area contributed by atoms with Crippen molar-refractivity contribution >= 4 is 11.8 Å². The van der Waals surface area contributed by atoms with Gasteiger partial charge < -0.3 is 10.6 Å².